The second-order valence-corrected chi connectivity index (χ2v) is 6.20. The average Bonchev–Trinajstić information content (AvgIpc) is 2.26. The number of aryl methyl sites for hydroxylation is 1. The Kier molecular flexibility index (Phi) is 5.09. The Morgan fingerprint density at radius 3 is 2.22 bits per heavy atom. The van der Waals surface area contributed by atoms with Crippen LogP contribution in [0.3, 0.4) is 0 Å². The zero-order chi connectivity index (χ0) is 13.8. The van der Waals surface area contributed by atoms with E-state index in [9.17, 15) is 4.79 Å². The summed E-state index contributed by atoms with van der Waals surface area (Å²) in [5.41, 5.74) is 8.24. The van der Waals surface area contributed by atoms with Crippen LogP contribution in [0.25, 0.3) is 0 Å². The number of nitrogens with two attached hydrogens (primary N) is 1. The molecule has 0 saturated heterocycles. The Hall–Kier alpha value is -1.15. The maximum absolute atomic E-state index is 12.1. The van der Waals surface area contributed by atoms with Crippen molar-refractivity contribution < 1.29 is 4.79 Å². The summed E-state index contributed by atoms with van der Waals surface area (Å²) in [6.07, 6.45) is 2.30. The van der Waals surface area contributed by atoms with Crippen LogP contribution < -0.4 is 5.73 Å². The molecule has 0 aliphatic carbocycles. The SMILES string of the molecule is CCc1ccc(C(=O)CC(N)CC(C)(C)C)cc1. The van der Waals surface area contributed by atoms with Gasteiger partial charge in [0.2, 0.25) is 0 Å². The molecular formula is C16H25NO. The number of ketones is 1. The van der Waals surface area contributed by atoms with Crippen molar-refractivity contribution in [3.05, 3.63) is 35.4 Å². The van der Waals surface area contributed by atoms with Crippen LogP contribution in [0.4, 0.5) is 0 Å². The molecule has 1 aromatic rings. The summed E-state index contributed by atoms with van der Waals surface area (Å²) < 4.78 is 0. The summed E-state index contributed by atoms with van der Waals surface area (Å²) in [5.74, 6) is 0.148. The van der Waals surface area contributed by atoms with Crippen LogP contribution in [0, 0.1) is 5.41 Å². The molecule has 0 heterocycles. The van der Waals surface area contributed by atoms with Gasteiger partial charge in [-0.15, -0.1) is 0 Å². The number of carbonyl (C=O) groups is 1. The van der Waals surface area contributed by atoms with E-state index >= 15 is 0 Å². The van der Waals surface area contributed by atoms with Gasteiger partial charge in [-0.05, 0) is 23.8 Å². The van der Waals surface area contributed by atoms with Gasteiger partial charge in [-0.25, -0.2) is 0 Å². The van der Waals surface area contributed by atoms with E-state index in [0.29, 0.717) is 6.42 Å². The molecule has 0 fully saturated rings. The van der Waals surface area contributed by atoms with E-state index in [-0.39, 0.29) is 17.2 Å². The van der Waals surface area contributed by atoms with Crippen molar-refractivity contribution >= 4 is 5.78 Å². The first-order valence-electron chi connectivity index (χ1n) is 6.69. The highest BCUT2D eigenvalue weighted by molar-refractivity contribution is 5.96. The van der Waals surface area contributed by atoms with Gasteiger partial charge in [0.25, 0.3) is 0 Å². The second kappa shape index (κ2) is 6.14. The third kappa shape index (κ3) is 5.01. The normalized spacial score (nSPS) is 13.4. The summed E-state index contributed by atoms with van der Waals surface area (Å²) in [4.78, 5) is 12.1. The Bertz CT molecular complexity index is 387. The molecule has 18 heavy (non-hydrogen) atoms. The van der Waals surface area contributed by atoms with Crippen LogP contribution in [0.15, 0.2) is 24.3 Å². The predicted molar refractivity (Wildman–Crippen MR) is 76.8 cm³/mol. The molecular weight excluding hydrogens is 222 g/mol. The van der Waals surface area contributed by atoms with Crippen LogP contribution in [-0.2, 0) is 6.42 Å². The second-order valence-electron chi connectivity index (χ2n) is 6.20. The largest absolute Gasteiger partial charge is 0.327 e. The zero-order valence-electron chi connectivity index (χ0n) is 12.0. The van der Waals surface area contributed by atoms with Gasteiger partial charge in [0.1, 0.15) is 0 Å². The summed E-state index contributed by atoms with van der Waals surface area (Å²) in [6, 6.07) is 7.80. The fourth-order valence-corrected chi connectivity index (χ4v) is 2.14. The first kappa shape index (κ1) is 14.9. The summed E-state index contributed by atoms with van der Waals surface area (Å²) >= 11 is 0. The molecule has 2 N–H and O–H groups in total. The van der Waals surface area contributed by atoms with Crippen LogP contribution in [-0.4, -0.2) is 11.8 Å². The lowest BCUT2D eigenvalue weighted by atomic mass is 9.86. The third-order valence-electron chi connectivity index (χ3n) is 3.01. The molecule has 100 valence electrons. The van der Waals surface area contributed by atoms with Gasteiger partial charge >= 0.3 is 0 Å². The number of hydrogen-bond acceptors (Lipinski definition) is 2. The maximum Gasteiger partial charge on any atom is 0.164 e. The van der Waals surface area contributed by atoms with Gasteiger partial charge in [-0.1, -0.05) is 52.0 Å². The number of benzene rings is 1. The molecule has 2 heteroatoms. The molecule has 0 spiro atoms. The summed E-state index contributed by atoms with van der Waals surface area (Å²) in [7, 11) is 0. The lowest BCUT2D eigenvalue weighted by Crippen LogP contribution is -2.29. The molecule has 1 rings (SSSR count). The van der Waals surface area contributed by atoms with Crippen molar-refractivity contribution in [3.8, 4) is 0 Å². The number of hydrogen-bond donors (Lipinski definition) is 1. The highest BCUT2D eigenvalue weighted by atomic mass is 16.1. The smallest absolute Gasteiger partial charge is 0.164 e. The predicted octanol–water partition coefficient (Wildman–Crippen LogP) is 3.59. The van der Waals surface area contributed by atoms with Gasteiger partial charge < -0.3 is 5.73 Å². The monoisotopic (exact) mass is 247 g/mol. The quantitative estimate of drug-likeness (QED) is 0.808. The number of carbonyl (C=O) groups excluding carboxylic acids is 1. The molecule has 1 atom stereocenters. The minimum atomic E-state index is -0.0525. The van der Waals surface area contributed by atoms with E-state index in [1.807, 2.05) is 24.3 Å². The lowest BCUT2D eigenvalue weighted by Gasteiger charge is -2.22. The van der Waals surface area contributed by atoms with E-state index in [1.165, 1.54) is 5.56 Å². The molecule has 0 radical (unpaired) electrons. The molecule has 0 aliphatic heterocycles. The molecule has 0 amide bonds. The van der Waals surface area contributed by atoms with Crippen LogP contribution in [0.1, 0.15) is 56.5 Å². The number of Topliss-reactive ketones (excluding diaryl/α,β-unsaturated/α-hetero) is 1. The van der Waals surface area contributed by atoms with Crippen molar-refractivity contribution in [1.82, 2.24) is 0 Å². The maximum atomic E-state index is 12.1. The molecule has 0 saturated carbocycles. The van der Waals surface area contributed by atoms with Gasteiger partial charge in [0, 0.05) is 18.0 Å². The Balaban J connectivity index is 2.59. The first-order chi connectivity index (χ1) is 8.31. The third-order valence-corrected chi connectivity index (χ3v) is 3.01. The van der Waals surface area contributed by atoms with Crippen molar-refractivity contribution in [2.75, 3.05) is 0 Å². The lowest BCUT2D eigenvalue weighted by molar-refractivity contribution is 0.0968. The fraction of sp³-hybridized carbons (Fsp3) is 0.562. The number of rotatable bonds is 5. The highest BCUT2D eigenvalue weighted by Gasteiger charge is 2.18. The topological polar surface area (TPSA) is 43.1 Å². The molecule has 2 nitrogen and oxygen atoms in total. The van der Waals surface area contributed by atoms with E-state index in [4.69, 9.17) is 5.73 Å². The zero-order valence-corrected chi connectivity index (χ0v) is 12.0. The van der Waals surface area contributed by atoms with Gasteiger partial charge in [0.05, 0.1) is 0 Å². The van der Waals surface area contributed by atoms with E-state index < -0.39 is 0 Å². The summed E-state index contributed by atoms with van der Waals surface area (Å²) in [5, 5.41) is 0. The van der Waals surface area contributed by atoms with Crippen LogP contribution in [0.5, 0.6) is 0 Å². The van der Waals surface area contributed by atoms with Crippen molar-refractivity contribution in [2.24, 2.45) is 11.1 Å². The highest BCUT2D eigenvalue weighted by Crippen LogP contribution is 2.22. The standard InChI is InChI=1S/C16H25NO/c1-5-12-6-8-13(9-7-12)15(18)10-14(17)11-16(2,3)4/h6-9,14H,5,10-11,17H2,1-4H3. The van der Waals surface area contributed by atoms with Crippen LogP contribution >= 0.6 is 0 Å². The first-order valence-corrected chi connectivity index (χ1v) is 6.69. The van der Waals surface area contributed by atoms with Crippen molar-refractivity contribution in [2.45, 2.75) is 53.0 Å². The molecule has 0 aromatic heterocycles. The van der Waals surface area contributed by atoms with Crippen molar-refractivity contribution in [3.63, 3.8) is 0 Å². The molecule has 1 unspecified atom stereocenters. The van der Waals surface area contributed by atoms with E-state index in [2.05, 4.69) is 27.7 Å². The molecule has 0 aliphatic rings. The van der Waals surface area contributed by atoms with E-state index in [0.717, 1.165) is 18.4 Å². The summed E-state index contributed by atoms with van der Waals surface area (Å²) in [6.45, 7) is 8.55. The average molecular weight is 247 g/mol. The minimum absolute atomic E-state index is 0.0525. The van der Waals surface area contributed by atoms with Crippen molar-refractivity contribution in [1.29, 1.82) is 0 Å². The van der Waals surface area contributed by atoms with Crippen LogP contribution in [0.2, 0.25) is 0 Å². The minimum Gasteiger partial charge on any atom is -0.327 e. The Morgan fingerprint density at radius 1 is 1.22 bits per heavy atom. The van der Waals surface area contributed by atoms with Gasteiger partial charge in [-0.2, -0.15) is 0 Å². The van der Waals surface area contributed by atoms with Gasteiger partial charge in [0.15, 0.2) is 5.78 Å². The van der Waals surface area contributed by atoms with E-state index in [1.54, 1.807) is 0 Å². The molecule has 1 aromatic carbocycles. The fourth-order valence-electron chi connectivity index (χ4n) is 2.14. The molecule has 0 bridgehead atoms. The Labute approximate surface area is 111 Å². The Morgan fingerprint density at radius 2 is 1.78 bits per heavy atom. The van der Waals surface area contributed by atoms with Gasteiger partial charge in [-0.3, -0.25) is 4.79 Å².